The van der Waals surface area contributed by atoms with Gasteiger partial charge in [-0.2, -0.15) is 0 Å². The van der Waals surface area contributed by atoms with E-state index >= 15 is 0 Å². The molecule has 1 fully saturated rings. The molecule has 0 saturated carbocycles. The number of nitrogens with one attached hydrogen (secondary N) is 1. The van der Waals surface area contributed by atoms with E-state index < -0.39 is 0 Å². The molecule has 0 radical (unpaired) electrons. The van der Waals surface area contributed by atoms with Gasteiger partial charge in [-0.1, -0.05) is 19.1 Å². The molecule has 3 aliphatic rings. The minimum atomic E-state index is -0.0998. The summed E-state index contributed by atoms with van der Waals surface area (Å²) in [7, 11) is 0. The first-order valence-electron chi connectivity index (χ1n) is 9.08. The lowest BCUT2D eigenvalue weighted by Crippen LogP contribution is -2.45. The number of halogens is 1. The SMILES string of the molecule is C[C@@H]1C=CC[C@H](CN2CCC3(CC2)CNc2ccc(F)cc23)C1. The smallest absolute Gasteiger partial charge is 0.123 e. The van der Waals surface area contributed by atoms with Crippen molar-refractivity contribution in [3.63, 3.8) is 0 Å². The molecule has 1 saturated heterocycles. The van der Waals surface area contributed by atoms with Crippen LogP contribution in [-0.4, -0.2) is 31.1 Å². The molecule has 2 aliphatic heterocycles. The summed E-state index contributed by atoms with van der Waals surface area (Å²) < 4.78 is 13.7. The van der Waals surface area contributed by atoms with Crippen LogP contribution in [0.25, 0.3) is 0 Å². The van der Waals surface area contributed by atoms with Crippen molar-refractivity contribution in [2.45, 2.75) is 38.0 Å². The summed E-state index contributed by atoms with van der Waals surface area (Å²) >= 11 is 0. The van der Waals surface area contributed by atoms with Crippen LogP contribution >= 0.6 is 0 Å². The lowest BCUT2D eigenvalue weighted by atomic mass is 9.74. The number of anilines is 1. The maximum Gasteiger partial charge on any atom is 0.123 e. The minimum Gasteiger partial charge on any atom is -0.384 e. The Labute approximate surface area is 138 Å². The zero-order valence-electron chi connectivity index (χ0n) is 14.0. The number of piperidine rings is 1. The van der Waals surface area contributed by atoms with Crippen LogP contribution in [0.3, 0.4) is 0 Å². The molecule has 1 aromatic carbocycles. The lowest BCUT2D eigenvalue weighted by Gasteiger charge is -2.41. The maximum absolute atomic E-state index is 13.7. The van der Waals surface area contributed by atoms with Gasteiger partial charge in [-0.3, -0.25) is 0 Å². The van der Waals surface area contributed by atoms with E-state index in [1.807, 2.05) is 6.07 Å². The maximum atomic E-state index is 13.7. The highest BCUT2D eigenvalue weighted by Crippen LogP contribution is 2.44. The Bertz CT molecular complexity index is 602. The normalized spacial score (nSPS) is 29.5. The Morgan fingerprint density at radius 3 is 2.91 bits per heavy atom. The van der Waals surface area contributed by atoms with Gasteiger partial charge in [0.25, 0.3) is 0 Å². The molecule has 1 spiro atoms. The molecule has 0 unspecified atom stereocenters. The van der Waals surface area contributed by atoms with Crippen LogP contribution in [0.2, 0.25) is 0 Å². The Morgan fingerprint density at radius 2 is 2.13 bits per heavy atom. The molecule has 2 atom stereocenters. The highest BCUT2D eigenvalue weighted by Gasteiger charge is 2.41. The van der Waals surface area contributed by atoms with E-state index in [9.17, 15) is 4.39 Å². The average molecular weight is 314 g/mol. The molecule has 0 amide bonds. The fraction of sp³-hybridized carbons (Fsp3) is 0.600. The number of hydrogen-bond donors (Lipinski definition) is 1. The van der Waals surface area contributed by atoms with Crippen LogP contribution in [0.1, 0.15) is 38.2 Å². The van der Waals surface area contributed by atoms with Gasteiger partial charge in [-0.25, -0.2) is 4.39 Å². The number of hydrogen-bond acceptors (Lipinski definition) is 2. The van der Waals surface area contributed by atoms with E-state index in [1.54, 1.807) is 12.1 Å². The second-order valence-electron chi connectivity index (χ2n) is 7.87. The largest absolute Gasteiger partial charge is 0.384 e. The average Bonchev–Trinajstić information content (AvgIpc) is 2.88. The molecular formula is C20H27FN2. The van der Waals surface area contributed by atoms with Gasteiger partial charge in [0.2, 0.25) is 0 Å². The topological polar surface area (TPSA) is 15.3 Å². The molecule has 2 heterocycles. The molecule has 3 heteroatoms. The number of nitrogens with zero attached hydrogens (tertiary/aromatic N) is 1. The van der Waals surface area contributed by atoms with Crippen LogP contribution in [-0.2, 0) is 5.41 Å². The minimum absolute atomic E-state index is 0.0998. The van der Waals surface area contributed by atoms with Crippen molar-refractivity contribution in [1.29, 1.82) is 0 Å². The Balaban J connectivity index is 1.40. The van der Waals surface area contributed by atoms with Crippen molar-refractivity contribution in [2.24, 2.45) is 11.8 Å². The molecule has 0 aromatic heterocycles. The fourth-order valence-electron chi connectivity index (χ4n) is 4.80. The molecule has 4 rings (SSSR count). The van der Waals surface area contributed by atoms with Crippen molar-refractivity contribution in [3.05, 3.63) is 41.7 Å². The van der Waals surface area contributed by atoms with Crippen LogP contribution in [0.4, 0.5) is 10.1 Å². The third-order valence-corrected chi connectivity index (χ3v) is 6.14. The zero-order valence-corrected chi connectivity index (χ0v) is 14.0. The fourth-order valence-corrected chi connectivity index (χ4v) is 4.80. The van der Waals surface area contributed by atoms with Gasteiger partial charge in [0.1, 0.15) is 5.82 Å². The first-order valence-corrected chi connectivity index (χ1v) is 9.08. The van der Waals surface area contributed by atoms with E-state index in [4.69, 9.17) is 0 Å². The Hall–Kier alpha value is -1.35. The molecule has 1 aliphatic carbocycles. The molecule has 1 aromatic rings. The van der Waals surface area contributed by atoms with Gasteiger partial charge in [-0.05, 0) is 74.4 Å². The summed E-state index contributed by atoms with van der Waals surface area (Å²) in [5.74, 6) is 1.45. The number of allylic oxidation sites excluding steroid dienone is 2. The van der Waals surface area contributed by atoms with Crippen LogP contribution in [0, 0.1) is 17.7 Å². The van der Waals surface area contributed by atoms with Gasteiger partial charge in [0.05, 0.1) is 0 Å². The molecule has 2 nitrogen and oxygen atoms in total. The summed E-state index contributed by atoms with van der Waals surface area (Å²) in [6, 6.07) is 5.23. The summed E-state index contributed by atoms with van der Waals surface area (Å²) in [4.78, 5) is 2.64. The predicted octanol–water partition coefficient (Wildman–Crippen LogP) is 4.19. The van der Waals surface area contributed by atoms with Crippen molar-refractivity contribution in [1.82, 2.24) is 4.90 Å². The number of fused-ring (bicyclic) bond motifs is 2. The number of likely N-dealkylation sites (tertiary alicyclic amines) is 1. The summed E-state index contributed by atoms with van der Waals surface area (Å²) in [6.07, 6.45) is 9.58. The summed E-state index contributed by atoms with van der Waals surface area (Å²) in [6.45, 7) is 6.82. The predicted molar refractivity (Wildman–Crippen MR) is 93.3 cm³/mol. The highest BCUT2D eigenvalue weighted by atomic mass is 19.1. The quantitative estimate of drug-likeness (QED) is 0.824. The van der Waals surface area contributed by atoms with E-state index in [0.29, 0.717) is 0 Å². The number of benzene rings is 1. The third-order valence-electron chi connectivity index (χ3n) is 6.14. The second kappa shape index (κ2) is 5.94. The molecule has 23 heavy (non-hydrogen) atoms. The first kappa shape index (κ1) is 15.2. The van der Waals surface area contributed by atoms with Gasteiger partial charge in [-0.15, -0.1) is 0 Å². The van der Waals surface area contributed by atoms with Crippen LogP contribution in [0.5, 0.6) is 0 Å². The van der Waals surface area contributed by atoms with Crippen LogP contribution in [0.15, 0.2) is 30.4 Å². The van der Waals surface area contributed by atoms with Gasteiger partial charge >= 0.3 is 0 Å². The lowest BCUT2D eigenvalue weighted by molar-refractivity contribution is 0.141. The standard InChI is InChI=1S/C20H27FN2/c1-15-3-2-4-16(11-15)13-23-9-7-20(8-10-23)14-22-19-6-5-17(21)12-18(19)20/h2-3,5-6,12,15-16,22H,4,7-11,13-14H2,1H3/t15-,16+/m1/s1. The zero-order chi connectivity index (χ0) is 15.9. The van der Waals surface area contributed by atoms with Gasteiger partial charge in [0.15, 0.2) is 0 Å². The molecule has 124 valence electrons. The Kier molecular flexibility index (Phi) is 3.92. The number of rotatable bonds is 2. The van der Waals surface area contributed by atoms with Crippen molar-refractivity contribution in [3.8, 4) is 0 Å². The van der Waals surface area contributed by atoms with Gasteiger partial charge in [0, 0.05) is 24.2 Å². The monoisotopic (exact) mass is 314 g/mol. The molecule has 0 bridgehead atoms. The van der Waals surface area contributed by atoms with Gasteiger partial charge < -0.3 is 10.2 Å². The van der Waals surface area contributed by atoms with Crippen molar-refractivity contribution in [2.75, 3.05) is 31.5 Å². The van der Waals surface area contributed by atoms with E-state index in [-0.39, 0.29) is 11.2 Å². The van der Waals surface area contributed by atoms with E-state index in [1.165, 1.54) is 24.9 Å². The first-order chi connectivity index (χ1) is 11.1. The Morgan fingerprint density at radius 1 is 1.30 bits per heavy atom. The highest BCUT2D eigenvalue weighted by molar-refractivity contribution is 5.60. The third kappa shape index (κ3) is 2.91. The molecule has 1 N–H and O–H groups in total. The van der Waals surface area contributed by atoms with Crippen molar-refractivity contribution < 1.29 is 4.39 Å². The molecular weight excluding hydrogens is 287 g/mol. The summed E-state index contributed by atoms with van der Waals surface area (Å²) in [5.41, 5.74) is 2.52. The van der Waals surface area contributed by atoms with E-state index in [0.717, 1.165) is 50.0 Å². The van der Waals surface area contributed by atoms with Crippen molar-refractivity contribution >= 4 is 5.69 Å². The van der Waals surface area contributed by atoms with Crippen LogP contribution < -0.4 is 5.32 Å². The summed E-state index contributed by atoms with van der Waals surface area (Å²) in [5, 5.41) is 3.50. The van der Waals surface area contributed by atoms with E-state index in [2.05, 4.69) is 29.3 Å². The second-order valence-corrected chi connectivity index (χ2v) is 7.87.